The molecule has 5 heteroatoms. The summed E-state index contributed by atoms with van der Waals surface area (Å²) in [6.07, 6.45) is 0. The third-order valence-electron chi connectivity index (χ3n) is 2.96. The second-order valence-electron chi connectivity index (χ2n) is 4.42. The minimum Gasteiger partial charge on any atom is -0.478 e. The molecule has 0 aliphatic heterocycles. The molecule has 0 aliphatic carbocycles. The van der Waals surface area contributed by atoms with Gasteiger partial charge < -0.3 is 10.4 Å². The molecule has 0 bridgehead atoms. The van der Waals surface area contributed by atoms with Crippen LogP contribution in [-0.4, -0.2) is 11.1 Å². The highest BCUT2D eigenvalue weighted by Crippen LogP contribution is 2.19. The van der Waals surface area contributed by atoms with Gasteiger partial charge in [0.2, 0.25) is 0 Å². The van der Waals surface area contributed by atoms with Gasteiger partial charge in [0.05, 0.1) is 5.56 Å². The first-order valence-corrected chi connectivity index (χ1v) is 6.37. The van der Waals surface area contributed by atoms with E-state index in [1.165, 1.54) is 12.1 Å². The van der Waals surface area contributed by atoms with Crippen molar-refractivity contribution in [2.24, 2.45) is 0 Å². The Balaban J connectivity index is 2.13. The molecule has 0 saturated carbocycles. The molecular weight excluding hydrogens is 281 g/mol. The van der Waals surface area contributed by atoms with Crippen LogP contribution in [0, 0.1) is 12.7 Å². The van der Waals surface area contributed by atoms with Crippen molar-refractivity contribution < 1.29 is 14.3 Å². The van der Waals surface area contributed by atoms with Gasteiger partial charge in [0.25, 0.3) is 0 Å². The number of carboxylic acids is 1. The van der Waals surface area contributed by atoms with Crippen molar-refractivity contribution in [3.05, 3.63) is 63.9 Å². The van der Waals surface area contributed by atoms with Crippen LogP contribution < -0.4 is 5.32 Å². The Bertz CT molecular complexity index is 658. The lowest BCUT2D eigenvalue weighted by molar-refractivity contribution is 0.0697. The Morgan fingerprint density at radius 1 is 1.30 bits per heavy atom. The molecule has 2 rings (SSSR count). The number of halogens is 2. The summed E-state index contributed by atoms with van der Waals surface area (Å²) in [6, 6.07) is 9.26. The van der Waals surface area contributed by atoms with Crippen molar-refractivity contribution in [1.82, 2.24) is 0 Å². The Kier molecular flexibility index (Phi) is 4.25. The Labute approximate surface area is 121 Å². The summed E-state index contributed by atoms with van der Waals surface area (Å²) in [5, 5.41) is 12.3. The fraction of sp³-hybridized carbons (Fsp3) is 0.133. The summed E-state index contributed by atoms with van der Waals surface area (Å²) >= 11 is 5.69. The smallest absolute Gasteiger partial charge is 0.335 e. The van der Waals surface area contributed by atoms with Gasteiger partial charge in [-0.15, -0.1) is 0 Å². The first-order chi connectivity index (χ1) is 9.47. The van der Waals surface area contributed by atoms with Gasteiger partial charge in [0.1, 0.15) is 5.82 Å². The number of hydrogen-bond donors (Lipinski definition) is 2. The summed E-state index contributed by atoms with van der Waals surface area (Å²) < 4.78 is 13.6. The molecule has 0 spiro atoms. The average Bonchev–Trinajstić information content (AvgIpc) is 2.38. The van der Waals surface area contributed by atoms with Gasteiger partial charge in [-0.1, -0.05) is 17.7 Å². The zero-order chi connectivity index (χ0) is 14.7. The van der Waals surface area contributed by atoms with E-state index in [4.69, 9.17) is 16.7 Å². The zero-order valence-electron chi connectivity index (χ0n) is 10.8. The Morgan fingerprint density at radius 3 is 2.65 bits per heavy atom. The van der Waals surface area contributed by atoms with Crippen LogP contribution in [0.4, 0.5) is 10.1 Å². The van der Waals surface area contributed by atoms with Gasteiger partial charge in [-0.25, -0.2) is 9.18 Å². The molecule has 0 radical (unpaired) electrons. The maximum absolute atomic E-state index is 13.6. The summed E-state index contributed by atoms with van der Waals surface area (Å²) in [7, 11) is 0. The monoisotopic (exact) mass is 293 g/mol. The number of anilines is 1. The molecule has 2 N–H and O–H groups in total. The number of carbonyl (C=O) groups is 1. The Morgan fingerprint density at radius 2 is 2.05 bits per heavy atom. The molecule has 0 aromatic heterocycles. The summed E-state index contributed by atoms with van der Waals surface area (Å²) in [5.41, 5.74) is 2.28. The number of benzene rings is 2. The molecule has 2 aromatic rings. The van der Waals surface area contributed by atoms with E-state index < -0.39 is 5.97 Å². The SMILES string of the molecule is Cc1cc(C(=O)O)ccc1NCc1ccc(Cl)cc1F. The molecule has 3 nitrogen and oxygen atoms in total. The van der Waals surface area contributed by atoms with Crippen molar-refractivity contribution in [3.63, 3.8) is 0 Å². The highest BCUT2D eigenvalue weighted by atomic mass is 35.5. The van der Waals surface area contributed by atoms with Crippen LogP contribution in [0.3, 0.4) is 0 Å². The fourth-order valence-electron chi connectivity index (χ4n) is 1.85. The van der Waals surface area contributed by atoms with E-state index in [0.717, 1.165) is 11.3 Å². The van der Waals surface area contributed by atoms with Crippen LogP contribution in [0.5, 0.6) is 0 Å². The third kappa shape index (κ3) is 3.27. The molecule has 0 saturated heterocycles. The highest BCUT2D eigenvalue weighted by Gasteiger charge is 2.07. The number of nitrogens with one attached hydrogen (secondary N) is 1. The number of hydrogen-bond acceptors (Lipinski definition) is 2. The molecule has 0 aliphatic rings. The average molecular weight is 294 g/mol. The highest BCUT2D eigenvalue weighted by molar-refractivity contribution is 6.30. The molecule has 0 unspecified atom stereocenters. The van der Waals surface area contributed by atoms with E-state index in [9.17, 15) is 9.18 Å². The van der Waals surface area contributed by atoms with Crippen LogP contribution in [0.1, 0.15) is 21.5 Å². The normalized spacial score (nSPS) is 10.3. The van der Waals surface area contributed by atoms with Crippen molar-refractivity contribution in [2.45, 2.75) is 13.5 Å². The second kappa shape index (κ2) is 5.92. The van der Waals surface area contributed by atoms with E-state index in [1.54, 1.807) is 31.2 Å². The van der Waals surface area contributed by atoms with E-state index >= 15 is 0 Å². The minimum absolute atomic E-state index is 0.228. The lowest BCUT2D eigenvalue weighted by Crippen LogP contribution is -2.04. The minimum atomic E-state index is -0.969. The number of rotatable bonds is 4. The Hall–Kier alpha value is -2.07. The molecule has 2 aromatic carbocycles. The molecule has 104 valence electrons. The lowest BCUT2D eigenvalue weighted by atomic mass is 10.1. The van der Waals surface area contributed by atoms with Gasteiger partial charge in [-0.3, -0.25) is 0 Å². The standard InChI is InChI=1S/C15H13ClFNO2/c1-9-6-10(15(19)20)3-5-14(9)18-8-11-2-4-12(16)7-13(11)17/h2-7,18H,8H2,1H3,(H,19,20). The van der Waals surface area contributed by atoms with Gasteiger partial charge >= 0.3 is 5.97 Å². The van der Waals surface area contributed by atoms with Crippen molar-refractivity contribution in [2.75, 3.05) is 5.32 Å². The van der Waals surface area contributed by atoms with Gasteiger partial charge in [-0.05, 0) is 42.8 Å². The molecule has 0 amide bonds. The van der Waals surface area contributed by atoms with Gasteiger partial charge in [-0.2, -0.15) is 0 Å². The third-order valence-corrected chi connectivity index (χ3v) is 3.19. The number of carboxylic acid groups (broad SMARTS) is 1. The predicted molar refractivity (Wildman–Crippen MR) is 76.9 cm³/mol. The first-order valence-electron chi connectivity index (χ1n) is 5.99. The maximum atomic E-state index is 13.6. The molecule has 0 atom stereocenters. The van der Waals surface area contributed by atoms with E-state index in [0.29, 0.717) is 17.1 Å². The molecular formula is C15H13ClFNO2. The van der Waals surface area contributed by atoms with Crippen LogP contribution in [0.25, 0.3) is 0 Å². The lowest BCUT2D eigenvalue weighted by Gasteiger charge is -2.11. The molecule has 20 heavy (non-hydrogen) atoms. The van der Waals surface area contributed by atoms with Crippen LogP contribution >= 0.6 is 11.6 Å². The number of aryl methyl sites for hydroxylation is 1. The topological polar surface area (TPSA) is 49.3 Å². The summed E-state index contributed by atoms with van der Waals surface area (Å²) in [5.74, 6) is -1.34. The number of aromatic carboxylic acids is 1. The van der Waals surface area contributed by atoms with Crippen LogP contribution in [0.15, 0.2) is 36.4 Å². The molecule has 0 heterocycles. The van der Waals surface area contributed by atoms with E-state index in [-0.39, 0.29) is 11.4 Å². The van der Waals surface area contributed by atoms with Gasteiger partial charge in [0, 0.05) is 22.8 Å². The van der Waals surface area contributed by atoms with Crippen molar-refractivity contribution in [3.8, 4) is 0 Å². The molecule has 0 fully saturated rings. The largest absolute Gasteiger partial charge is 0.478 e. The first kappa shape index (κ1) is 14.3. The maximum Gasteiger partial charge on any atom is 0.335 e. The summed E-state index contributed by atoms with van der Waals surface area (Å²) in [4.78, 5) is 10.8. The predicted octanol–water partition coefficient (Wildman–Crippen LogP) is 4.10. The van der Waals surface area contributed by atoms with E-state index in [1.807, 2.05) is 0 Å². The van der Waals surface area contributed by atoms with E-state index in [2.05, 4.69) is 5.32 Å². The fourth-order valence-corrected chi connectivity index (χ4v) is 2.01. The van der Waals surface area contributed by atoms with Crippen molar-refractivity contribution >= 4 is 23.3 Å². The second-order valence-corrected chi connectivity index (χ2v) is 4.86. The quantitative estimate of drug-likeness (QED) is 0.892. The van der Waals surface area contributed by atoms with Crippen LogP contribution in [-0.2, 0) is 6.54 Å². The van der Waals surface area contributed by atoms with Crippen LogP contribution in [0.2, 0.25) is 5.02 Å². The summed E-state index contributed by atoms with van der Waals surface area (Å²) in [6.45, 7) is 2.10. The zero-order valence-corrected chi connectivity index (χ0v) is 11.5. The van der Waals surface area contributed by atoms with Gasteiger partial charge in [0.15, 0.2) is 0 Å². The van der Waals surface area contributed by atoms with Crippen molar-refractivity contribution in [1.29, 1.82) is 0 Å².